The van der Waals surface area contributed by atoms with Crippen LogP contribution in [0, 0.1) is 5.82 Å². The molecule has 1 aliphatic carbocycles. The van der Waals surface area contributed by atoms with Crippen LogP contribution in [0.4, 0.5) is 16.0 Å². The largest absolute Gasteiger partial charge is 0.353 e. The summed E-state index contributed by atoms with van der Waals surface area (Å²) in [5, 5.41) is 0.843. The van der Waals surface area contributed by atoms with Gasteiger partial charge in [0.05, 0.1) is 11.9 Å². The zero-order valence-electron chi connectivity index (χ0n) is 13.6. The molecule has 0 N–H and O–H groups in total. The summed E-state index contributed by atoms with van der Waals surface area (Å²) >= 11 is 1.59. The Morgan fingerprint density at radius 2 is 1.79 bits per heavy atom. The van der Waals surface area contributed by atoms with Crippen molar-refractivity contribution in [3.8, 4) is 0 Å². The number of aryl methyl sites for hydroxylation is 1. The fourth-order valence-electron chi connectivity index (χ4n) is 3.41. The minimum absolute atomic E-state index is 0.362. The molecule has 2 aliphatic rings. The van der Waals surface area contributed by atoms with Gasteiger partial charge in [-0.3, -0.25) is 0 Å². The van der Waals surface area contributed by atoms with E-state index in [9.17, 15) is 4.39 Å². The highest BCUT2D eigenvalue weighted by Crippen LogP contribution is 2.31. The molecule has 3 heterocycles. The second-order valence-electron chi connectivity index (χ2n) is 5.98. The molecule has 24 heavy (non-hydrogen) atoms. The van der Waals surface area contributed by atoms with Gasteiger partial charge in [0, 0.05) is 31.7 Å². The lowest BCUT2D eigenvalue weighted by Gasteiger charge is -2.36. The Hall–Kier alpha value is -1.96. The van der Waals surface area contributed by atoms with Gasteiger partial charge < -0.3 is 9.80 Å². The molecule has 0 amide bonds. The fourth-order valence-corrected chi connectivity index (χ4v) is 3.79. The molecule has 126 valence electrons. The molecule has 0 atom stereocenters. The average molecular weight is 346 g/mol. The van der Waals surface area contributed by atoms with Crippen LogP contribution in [0.1, 0.15) is 17.7 Å². The van der Waals surface area contributed by atoms with Gasteiger partial charge in [-0.2, -0.15) is 0 Å². The van der Waals surface area contributed by atoms with E-state index >= 15 is 0 Å². The second kappa shape index (κ2) is 6.51. The van der Waals surface area contributed by atoms with Gasteiger partial charge in [-0.05, 0) is 25.5 Å². The summed E-state index contributed by atoms with van der Waals surface area (Å²) in [6, 6.07) is 0. The zero-order chi connectivity index (χ0) is 16.5. The van der Waals surface area contributed by atoms with Gasteiger partial charge in [0.1, 0.15) is 12.1 Å². The number of fused-ring (bicyclic) bond motifs is 1. The molecular weight excluding hydrogens is 327 g/mol. The summed E-state index contributed by atoms with van der Waals surface area (Å²) in [4.78, 5) is 21.5. The molecule has 2 aromatic heterocycles. The normalized spacial score (nSPS) is 17.2. The monoisotopic (exact) mass is 346 g/mol. The van der Waals surface area contributed by atoms with Crippen LogP contribution in [-0.2, 0) is 12.8 Å². The Labute approximate surface area is 144 Å². The SMILES string of the molecule is CSc1nc2c(c(N3CCN(c4ncncc4F)CC3)n1)CCC2. The first kappa shape index (κ1) is 15.6. The van der Waals surface area contributed by atoms with Crippen molar-refractivity contribution in [2.45, 2.75) is 24.4 Å². The van der Waals surface area contributed by atoms with Crippen LogP contribution in [0.2, 0.25) is 0 Å². The maximum atomic E-state index is 13.9. The average Bonchev–Trinajstić information content (AvgIpc) is 3.10. The Morgan fingerprint density at radius 1 is 1.04 bits per heavy atom. The van der Waals surface area contributed by atoms with E-state index in [2.05, 4.69) is 19.9 Å². The minimum atomic E-state index is -0.362. The second-order valence-corrected chi connectivity index (χ2v) is 6.75. The van der Waals surface area contributed by atoms with Crippen LogP contribution < -0.4 is 9.80 Å². The summed E-state index contributed by atoms with van der Waals surface area (Å²) in [6.07, 6.45) is 7.88. The van der Waals surface area contributed by atoms with Crippen LogP contribution in [0.3, 0.4) is 0 Å². The van der Waals surface area contributed by atoms with Crippen molar-refractivity contribution in [1.29, 1.82) is 0 Å². The van der Waals surface area contributed by atoms with Crippen LogP contribution in [0.25, 0.3) is 0 Å². The molecule has 8 heteroatoms. The lowest BCUT2D eigenvalue weighted by atomic mass is 10.2. The van der Waals surface area contributed by atoms with Crippen molar-refractivity contribution in [2.24, 2.45) is 0 Å². The number of thioether (sulfide) groups is 1. The van der Waals surface area contributed by atoms with Crippen molar-refractivity contribution in [3.05, 3.63) is 29.6 Å². The predicted molar refractivity (Wildman–Crippen MR) is 92.3 cm³/mol. The molecule has 1 fully saturated rings. The molecule has 0 saturated carbocycles. The van der Waals surface area contributed by atoms with E-state index in [0.717, 1.165) is 56.4 Å². The van der Waals surface area contributed by atoms with Gasteiger partial charge in [-0.25, -0.2) is 24.3 Å². The van der Waals surface area contributed by atoms with Gasteiger partial charge in [-0.1, -0.05) is 11.8 Å². The maximum absolute atomic E-state index is 13.9. The first-order chi connectivity index (χ1) is 11.8. The Bertz CT molecular complexity index is 747. The van der Waals surface area contributed by atoms with Crippen molar-refractivity contribution in [1.82, 2.24) is 19.9 Å². The summed E-state index contributed by atoms with van der Waals surface area (Å²) in [5.74, 6) is 1.10. The van der Waals surface area contributed by atoms with E-state index in [0.29, 0.717) is 5.82 Å². The third kappa shape index (κ3) is 2.79. The number of hydrogen-bond acceptors (Lipinski definition) is 7. The van der Waals surface area contributed by atoms with Gasteiger partial charge in [0.25, 0.3) is 0 Å². The third-order valence-electron chi connectivity index (χ3n) is 4.60. The highest BCUT2D eigenvalue weighted by molar-refractivity contribution is 7.98. The topological polar surface area (TPSA) is 58.0 Å². The number of hydrogen-bond donors (Lipinski definition) is 0. The molecule has 2 aromatic rings. The van der Waals surface area contributed by atoms with Gasteiger partial charge >= 0.3 is 0 Å². The van der Waals surface area contributed by atoms with Crippen molar-refractivity contribution < 1.29 is 4.39 Å². The van der Waals surface area contributed by atoms with E-state index in [4.69, 9.17) is 4.98 Å². The summed E-state index contributed by atoms with van der Waals surface area (Å²) in [5.41, 5.74) is 2.50. The molecule has 0 aromatic carbocycles. The molecular formula is C16H19FN6S. The number of rotatable bonds is 3. The van der Waals surface area contributed by atoms with Gasteiger partial charge in [0.15, 0.2) is 16.8 Å². The number of nitrogens with zero attached hydrogens (tertiary/aromatic N) is 6. The molecule has 0 radical (unpaired) electrons. The smallest absolute Gasteiger partial charge is 0.189 e. The van der Waals surface area contributed by atoms with Crippen molar-refractivity contribution >= 4 is 23.4 Å². The highest BCUT2D eigenvalue weighted by atomic mass is 32.2. The molecule has 1 saturated heterocycles. The van der Waals surface area contributed by atoms with E-state index in [-0.39, 0.29) is 5.82 Å². The van der Waals surface area contributed by atoms with E-state index in [1.54, 1.807) is 11.8 Å². The molecule has 1 aliphatic heterocycles. The highest BCUT2D eigenvalue weighted by Gasteiger charge is 2.26. The van der Waals surface area contributed by atoms with Crippen LogP contribution in [-0.4, -0.2) is 52.4 Å². The summed E-state index contributed by atoms with van der Waals surface area (Å²) in [7, 11) is 0. The lowest BCUT2D eigenvalue weighted by Crippen LogP contribution is -2.47. The lowest BCUT2D eigenvalue weighted by molar-refractivity contribution is 0.579. The van der Waals surface area contributed by atoms with E-state index in [1.807, 2.05) is 11.2 Å². The van der Waals surface area contributed by atoms with Crippen molar-refractivity contribution in [3.63, 3.8) is 0 Å². The number of anilines is 2. The van der Waals surface area contributed by atoms with Crippen LogP contribution in [0.5, 0.6) is 0 Å². The van der Waals surface area contributed by atoms with Gasteiger partial charge in [0.2, 0.25) is 0 Å². The van der Waals surface area contributed by atoms with E-state index in [1.165, 1.54) is 23.8 Å². The molecule has 6 nitrogen and oxygen atoms in total. The predicted octanol–water partition coefficient (Wildman–Crippen LogP) is 1.94. The molecule has 0 bridgehead atoms. The fraction of sp³-hybridized carbons (Fsp3) is 0.500. The quantitative estimate of drug-likeness (QED) is 0.622. The number of aromatic nitrogens is 4. The molecule has 0 unspecified atom stereocenters. The third-order valence-corrected chi connectivity index (χ3v) is 5.15. The summed E-state index contributed by atoms with van der Waals surface area (Å²) < 4.78 is 13.9. The molecule has 0 spiro atoms. The standard InChI is InChI=1S/C16H19FN6S/c1-24-16-20-13-4-2-3-11(13)14(21-16)22-5-7-23(8-6-22)15-12(17)9-18-10-19-15/h9-10H,2-8H2,1H3. The summed E-state index contributed by atoms with van der Waals surface area (Å²) in [6.45, 7) is 3.06. The maximum Gasteiger partial charge on any atom is 0.189 e. The Morgan fingerprint density at radius 3 is 2.50 bits per heavy atom. The number of halogens is 1. The van der Waals surface area contributed by atoms with Gasteiger partial charge in [-0.15, -0.1) is 0 Å². The Balaban J connectivity index is 1.54. The van der Waals surface area contributed by atoms with Crippen molar-refractivity contribution in [2.75, 3.05) is 42.2 Å². The zero-order valence-corrected chi connectivity index (χ0v) is 14.4. The van der Waals surface area contributed by atoms with Crippen LogP contribution in [0.15, 0.2) is 17.7 Å². The first-order valence-electron chi connectivity index (χ1n) is 8.15. The minimum Gasteiger partial charge on any atom is -0.353 e. The molecule has 4 rings (SSSR count). The number of piperazine rings is 1. The van der Waals surface area contributed by atoms with Crippen LogP contribution >= 0.6 is 11.8 Å². The first-order valence-corrected chi connectivity index (χ1v) is 9.38. The van der Waals surface area contributed by atoms with E-state index < -0.39 is 0 Å². The Kier molecular flexibility index (Phi) is 4.22.